The molecular formula is C14H8BrFN2O3. The lowest BCUT2D eigenvalue weighted by Gasteiger charge is -2.09. The number of nitriles is 1. The topological polar surface area (TPSA) is 76.2 Å². The van der Waals surface area contributed by atoms with Gasteiger partial charge in [0.05, 0.1) is 10.5 Å². The number of rotatable bonds is 4. The molecule has 2 rings (SSSR count). The summed E-state index contributed by atoms with van der Waals surface area (Å²) >= 11 is 3.25. The van der Waals surface area contributed by atoms with Crippen LogP contribution in [0, 0.1) is 27.3 Å². The van der Waals surface area contributed by atoms with Gasteiger partial charge in [-0.05, 0) is 23.8 Å². The van der Waals surface area contributed by atoms with Gasteiger partial charge in [-0.3, -0.25) is 10.1 Å². The SMILES string of the molecule is N#Cc1cc(CBr)ccc1Oc1c(F)cccc1[N+](=O)[O-]. The minimum Gasteiger partial charge on any atom is -0.446 e. The van der Waals surface area contributed by atoms with Crippen molar-refractivity contribution in [3.05, 3.63) is 63.5 Å². The van der Waals surface area contributed by atoms with Crippen molar-refractivity contribution >= 4 is 21.6 Å². The Hall–Kier alpha value is -2.46. The van der Waals surface area contributed by atoms with E-state index in [2.05, 4.69) is 15.9 Å². The molecule has 0 spiro atoms. The number of halogens is 2. The highest BCUT2D eigenvalue weighted by Gasteiger charge is 2.21. The van der Waals surface area contributed by atoms with E-state index in [-0.39, 0.29) is 11.3 Å². The summed E-state index contributed by atoms with van der Waals surface area (Å²) in [6, 6.07) is 10.1. The Balaban J connectivity index is 2.48. The van der Waals surface area contributed by atoms with Gasteiger partial charge in [0.2, 0.25) is 5.75 Å². The van der Waals surface area contributed by atoms with Crippen LogP contribution in [0.5, 0.6) is 11.5 Å². The number of alkyl halides is 1. The summed E-state index contributed by atoms with van der Waals surface area (Å²) in [6.07, 6.45) is 0. The van der Waals surface area contributed by atoms with Gasteiger partial charge in [-0.25, -0.2) is 4.39 Å². The van der Waals surface area contributed by atoms with Crippen molar-refractivity contribution in [3.8, 4) is 17.6 Å². The summed E-state index contributed by atoms with van der Waals surface area (Å²) in [6.45, 7) is 0. The van der Waals surface area contributed by atoms with Gasteiger partial charge in [0.25, 0.3) is 0 Å². The van der Waals surface area contributed by atoms with Gasteiger partial charge in [-0.2, -0.15) is 5.26 Å². The lowest BCUT2D eigenvalue weighted by Crippen LogP contribution is -1.97. The Morgan fingerprint density at radius 2 is 2.14 bits per heavy atom. The third-order valence-corrected chi connectivity index (χ3v) is 3.32. The van der Waals surface area contributed by atoms with E-state index < -0.39 is 22.2 Å². The van der Waals surface area contributed by atoms with Crippen molar-refractivity contribution in [2.45, 2.75) is 5.33 Å². The zero-order valence-electron chi connectivity index (χ0n) is 10.5. The molecule has 0 amide bonds. The summed E-state index contributed by atoms with van der Waals surface area (Å²) < 4.78 is 19.0. The molecule has 0 aromatic heterocycles. The molecule has 7 heteroatoms. The van der Waals surface area contributed by atoms with Gasteiger partial charge in [-0.15, -0.1) is 0 Å². The predicted molar refractivity (Wildman–Crippen MR) is 76.9 cm³/mol. The number of hydrogen-bond acceptors (Lipinski definition) is 4. The van der Waals surface area contributed by atoms with Crippen LogP contribution in [-0.4, -0.2) is 4.92 Å². The smallest absolute Gasteiger partial charge is 0.314 e. The van der Waals surface area contributed by atoms with Gasteiger partial charge < -0.3 is 4.74 Å². The molecule has 0 unspecified atom stereocenters. The molecule has 0 radical (unpaired) electrons. The molecule has 2 aromatic rings. The third-order valence-electron chi connectivity index (χ3n) is 2.67. The highest BCUT2D eigenvalue weighted by molar-refractivity contribution is 9.08. The predicted octanol–water partition coefficient (Wildman–Crippen LogP) is 4.29. The average molecular weight is 351 g/mol. The largest absolute Gasteiger partial charge is 0.446 e. The second kappa shape index (κ2) is 6.33. The summed E-state index contributed by atoms with van der Waals surface area (Å²) in [4.78, 5) is 10.2. The molecule has 0 N–H and O–H groups in total. The first-order valence-corrected chi connectivity index (χ1v) is 6.88. The van der Waals surface area contributed by atoms with Crippen molar-refractivity contribution < 1.29 is 14.1 Å². The minimum absolute atomic E-state index is 0.0652. The first kappa shape index (κ1) is 14.9. The van der Waals surface area contributed by atoms with Crippen LogP contribution in [0.2, 0.25) is 0 Å². The van der Waals surface area contributed by atoms with Crippen LogP contribution in [0.1, 0.15) is 11.1 Å². The van der Waals surface area contributed by atoms with Gasteiger partial charge in [-0.1, -0.05) is 28.1 Å². The lowest BCUT2D eigenvalue weighted by atomic mass is 10.1. The molecule has 0 atom stereocenters. The maximum atomic E-state index is 13.8. The quantitative estimate of drug-likeness (QED) is 0.468. The molecule has 0 aliphatic rings. The van der Waals surface area contributed by atoms with Crippen LogP contribution in [0.25, 0.3) is 0 Å². The van der Waals surface area contributed by atoms with E-state index in [9.17, 15) is 14.5 Å². The fraction of sp³-hybridized carbons (Fsp3) is 0.0714. The Bertz CT molecular complexity index is 743. The third kappa shape index (κ3) is 3.17. The summed E-state index contributed by atoms with van der Waals surface area (Å²) in [5.41, 5.74) is 0.509. The number of nitro groups is 1. The molecule has 0 saturated heterocycles. The van der Waals surface area contributed by atoms with Crippen LogP contribution < -0.4 is 4.74 Å². The normalized spacial score (nSPS) is 9.95. The van der Waals surface area contributed by atoms with Gasteiger partial charge in [0.15, 0.2) is 5.82 Å². The molecular weight excluding hydrogens is 343 g/mol. The standard InChI is InChI=1S/C14H8BrFN2O3/c15-7-9-4-5-13(10(6-9)8-17)21-14-11(16)2-1-3-12(14)18(19)20/h1-6H,7H2. The molecule has 0 bridgehead atoms. The number of nitrogens with zero attached hydrogens (tertiary/aromatic N) is 2. The minimum atomic E-state index is -0.863. The molecule has 0 aliphatic heterocycles. The zero-order valence-corrected chi connectivity index (χ0v) is 12.1. The maximum absolute atomic E-state index is 13.8. The van der Waals surface area contributed by atoms with E-state index in [1.807, 2.05) is 6.07 Å². The Kier molecular flexibility index (Phi) is 4.50. The molecule has 2 aromatic carbocycles. The fourth-order valence-electron chi connectivity index (χ4n) is 1.69. The van der Waals surface area contributed by atoms with E-state index in [1.54, 1.807) is 12.1 Å². The van der Waals surface area contributed by atoms with Crippen LogP contribution in [0.15, 0.2) is 36.4 Å². The number of para-hydroxylation sites is 1. The fourth-order valence-corrected chi connectivity index (χ4v) is 2.04. The molecule has 0 fully saturated rings. The Morgan fingerprint density at radius 1 is 1.38 bits per heavy atom. The highest BCUT2D eigenvalue weighted by atomic mass is 79.9. The number of hydrogen-bond donors (Lipinski definition) is 0. The van der Waals surface area contributed by atoms with Crippen molar-refractivity contribution in [2.24, 2.45) is 0 Å². The van der Waals surface area contributed by atoms with E-state index in [0.29, 0.717) is 5.33 Å². The van der Waals surface area contributed by atoms with Gasteiger partial charge in [0.1, 0.15) is 11.8 Å². The lowest BCUT2D eigenvalue weighted by molar-refractivity contribution is -0.385. The van der Waals surface area contributed by atoms with E-state index in [4.69, 9.17) is 10.00 Å². The zero-order chi connectivity index (χ0) is 15.4. The monoisotopic (exact) mass is 350 g/mol. The van der Waals surface area contributed by atoms with Gasteiger partial charge in [0, 0.05) is 11.4 Å². The van der Waals surface area contributed by atoms with E-state index in [0.717, 1.165) is 17.7 Å². The van der Waals surface area contributed by atoms with Crippen molar-refractivity contribution in [1.29, 1.82) is 5.26 Å². The molecule has 21 heavy (non-hydrogen) atoms. The number of benzene rings is 2. The second-order valence-corrected chi connectivity index (χ2v) is 4.58. The molecule has 0 heterocycles. The summed E-state index contributed by atoms with van der Waals surface area (Å²) in [5.74, 6) is -1.31. The number of ether oxygens (including phenoxy) is 1. The Labute approximate surface area is 127 Å². The Morgan fingerprint density at radius 3 is 2.76 bits per heavy atom. The van der Waals surface area contributed by atoms with Crippen LogP contribution in [-0.2, 0) is 5.33 Å². The second-order valence-electron chi connectivity index (χ2n) is 4.02. The molecule has 106 valence electrons. The maximum Gasteiger partial charge on any atom is 0.314 e. The average Bonchev–Trinajstić information content (AvgIpc) is 2.49. The van der Waals surface area contributed by atoms with Crippen molar-refractivity contribution in [1.82, 2.24) is 0 Å². The summed E-state index contributed by atoms with van der Waals surface area (Å²) in [7, 11) is 0. The first-order chi connectivity index (χ1) is 10.1. The van der Waals surface area contributed by atoms with E-state index in [1.165, 1.54) is 12.1 Å². The van der Waals surface area contributed by atoms with Crippen molar-refractivity contribution in [3.63, 3.8) is 0 Å². The molecule has 5 nitrogen and oxygen atoms in total. The highest BCUT2D eigenvalue weighted by Crippen LogP contribution is 2.35. The number of nitro benzene ring substituents is 1. The van der Waals surface area contributed by atoms with Crippen LogP contribution in [0.3, 0.4) is 0 Å². The van der Waals surface area contributed by atoms with Crippen LogP contribution >= 0.6 is 15.9 Å². The first-order valence-electron chi connectivity index (χ1n) is 5.76. The van der Waals surface area contributed by atoms with E-state index >= 15 is 0 Å². The van der Waals surface area contributed by atoms with Gasteiger partial charge >= 0.3 is 5.69 Å². The molecule has 0 aliphatic carbocycles. The van der Waals surface area contributed by atoms with Crippen LogP contribution in [0.4, 0.5) is 10.1 Å². The van der Waals surface area contributed by atoms with Crippen molar-refractivity contribution in [2.75, 3.05) is 0 Å². The molecule has 0 saturated carbocycles. The summed E-state index contributed by atoms with van der Waals surface area (Å²) in [5, 5.41) is 20.5.